The van der Waals surface area contributed by atoms with Crippen molar-refractivity contribution in [3.05, 3.63) is 72.9 Å². The molecule has 0 fully saturated rings. The standard InChI is InChI=1S/C24H37NO4/c1-2-3-12-15-22(27)16-13-10-8-6-4-5-7-9-11-14-17-23(28)18-19-24(29)25-20-21-26/h3-5,8-14,16-17,22-23,26-28H,2,6-7,15,18-21H2,1H3,(H,25,29)/b5-4-,10-8-,11-9-,12-3-,16-13+,17-14+/t22-,23-/m0/s1. The highest BCUT2D eigenvalue weighted by Gasteiger charge is 2.04. The summed E-state index contributed by atoms with van der Waals surface area (Å²) in [4.78, 5) is 11.3. The van der Waals surface area contributed by atoms with Crippen LogP contribution in [-0.2, 0) is 4.79 Å². The highest BCUT2D eigenvalue weighted by atomic mass is 16.3. The first-order valence-corrected chi connectivity index (χ1v) is 10.3. The maximum atomic E-state index is 11.3. The first-order chi connectivity index (χ1) is 14.1. The van der Waals surface area contributed by atoms with Gasteiger partial charge in [0.05, 0.1) is 18.8 Å². The third kappa shape index (κ3) is 20.3. The van der Waals surface area contributed by atoms with Crippen LogP contribution in [0.15, 0.2) is 72.9 Å². The van der Waals surface area contributed by atoms with E-state index in [2.05, 4.69) is 24.4 Å². The van der Waals surface area contributed by atoms with Gasteiger partial charge >= 0.3 is 0 Å². The normalized spacial score (nSPS) is 15.0. The molecule has 0 saturated carbocycles. The molecule has 0 spiro atoms. The molecule has 0 aliphatic carbocycles. The summed E-state index contributed by atoms with van der Waals surface area (Å²) < 4.78 is 0. The second kappa shape index (κ2) is 20.5. The van der Waals surface area contributed by atoms with Crippen LogP contribution in [0.25, 0.3) is 0 Å². The van der Waals surface area contributed by atoms with Crippen molar-refractivity contribution in [2.75, 3.05) is 13.2 Å². The Hall–Kier alpha value is -2.21. The summed E-state index contributed by atoms with van der Waals surface area (Å²) in [6.07, 6.45) is 25.8. The van der Waals surface area contributed by atoms with Crippen molar-refractivity contribution < 1.29 is 20.1 Å². The van der Waals surface area contributed by atoms with Crippen LogP contribution in [0.4, 0.5) is 0 Å². The van der Waals surface area contributed by atoms with Gasteiger partial charge in [0.25, 0.3) is 0 Å². The Morgan fingerprint density at radius 3 is 2.07 bits per heavy atom. The average molecular weight is 404 g/mol. The SMILES string of the molecule is CC/C=C\C[C@H](O)/C=C/C=C\C/C=C\C/C=C\C=C\[C@H](O)CCC(=O)NCCO. The van der Waals surface area contributed by atoms with Gasteiger partial charge in [0, 0.05) is 13.0 Å². The fourth-order valence-corrected chi connectivity index (χ4v) is 2.19. The van der Waals surface area contributed by atoms with Crippen molar-refractivity contribution in [3.8, 4) is 0 Å². The number of aliphatic hydroxyl groups is 3. The fraction of sp³-hybridized carbons (Fsp3) is 0.458. The van der Waals surface area contributed by atoms with E-state index in [9.17, 15) is 15.0 Å². The molecule has 0 saturated heterocycles. The molecule has 0 aromatic rings. The molecule has 0 rings (SSSR count). The van der Waals surface area contributed by atoms with Crippen molar-refractivity contribution >= 4 is 5.91 Å². The number of carbonyl (C=O) groups is 1. The highest BCUT2D eigenvalue weighted by Crippen LogP contribution is 2.00. The largest absolute Gasteiger partial charge is 0.395 e. The maximum absolute atomic E-state index is 11.3. The van der Waals surface area contributed by atoms with Gasteiger partial charge in [-0.25, -0.2) is 0 Å². The lowest BCUT2D eigenvalue weighted by Gasteiger charge is -2.05. The molecular weight excluding hydrogens is 366 g/mol. The maximum Gasteiger partial charge on any atom is 0.220 e. The van der Waals surface area contributed by atoms with E-state index >= 15 is 0 Å². The Morgan fingerprint density at radius 1 is 0.862 bits per heavy atom. The van der Waals surface area contributed by atoms with Crippen LogP contribution in [0.2, 0.25) is 0 Å². The molecule has 1 amide bonds. The molecule has 2 atom stereocenters. The molecule has 0 radical (unpaired) electrons. The number of rotatable bonds is 16. The van der Waals surface area contributed by atoms with E-state index < -0.39 is 12.2 Å². The molecular formula is C24H37NO4. The van der Waals surface area contributed by atoms with Crippen molar-refractivity contribution in [3.63, 3.8) is 0 Å². The lowest BCUT2D eigenvalue weighted by Crippen LogP contribution is -2.26. The van der Waals surface area contributed by atoms with Crippen LogP contribution in [0, 0.1) is 0 Å². The first-order valence-electron chi connectivity index (χ1n) is 10.3. The van der Waals surface area contributed by atoms with Gasteiger partial charge in [-0.15, -0.1) is 0 Å². The van der Waals surface area contributed by atoms with E-state index in [0.717, 1.165) is 19.3 Å². The van der Waals surface area contributed by atoms with Gasteiger partial charge in [-0.05, 0) is 32.1 Å². The summed E-state index contributed by atoms with van der Waals surface area (Å²) >= 11 is 0. The van der Waals surface area contributed by atoms with Crippen molar-refractivity contribution in [2.24, 2.45) is 0 Å². The number of hydrogen-bond donors (Lipinski definition) is 4. The minimum absolute atomic E-state index is 0.0812. The van der Waals surface area contributed by atoms with E-state index in [0.29, 0.717) is 12.8 Å². The quantitative estimate of drug-likeness (QED) is 0.234. The van der Waals surface area contributed by atoms with Crippen molar-refractivity contribution in [1.82, 2.24) is 5.32 Å². The Morgan fingerprint density at radius 2 is 1.48 bits per heavy atom. The molecule has 5 heteroatoms. The summed E-state index contributed by atoms with van der Waals surface area (Å²) in [5.74, 6) is -0.169. The first kappa shape index (κ1) is 26.8. The molecule has 0 heterocycles. The summed E-state index contributed by atoms with van der Waals surface area (Å²) in [6.45, 7) is 2.23. The van der Waals surface area contributed by atoms with E-state index in [4.69, 9.17) is 5.11 Å². The van der Waals surface area contributed by atoms with E-state index in [1.165, 1.54) is 0 Å². The molecule has 0 unspecified atom stereocenters. The van der Waals surface area contributed by atoms with Gasteiger partial charge in [0.2, 0.25) is 5.91 Å². The zero-order valence-electron chi connectivity index (χ0n) is 17.5. The van der Waals surface area contributed by atoms with Crippen LogP contribution in [0.1, 0.15) is 45.4 Å². The third-order valence-electron chi connectivity index (χ3n) is 3.75. The molecule has 4 N–H and O–H groups in total. The Kier molecular flexibility index (Phi) is 19.0. The smallest absolute Gasteiger partial charge is 0.220 e. The van der Waals surface area contributed by atoms with Crippen LogP contribution < -0.4 is 5.32 Å². The highest BCUT2D eigenvalue weighted by molar-refractivity contribution is 5.75. The zero-order chi connectivity index (χ0) is 21.6. The zero-order valence-corrected chi connectivity index (χ0v) is 17.5. The van der Waals surface area contributed by atoms with Crippen LogP contribution in [0.5, 0.6) is 0 Å². The van der Waals surface area contributed by atoms with Gasteiger partial charge < -0.3 is 20.6 Å². The van der Waals surface area contributed by atoms with Gasteiger partial charge in [0.15, 0.2) is 0 Å². The molecule has 0 aliphatic rings. The minimum atomic E-state index is -0.658. The van der Waals surface area contributed by atoms with Crippen LogP contribution in [0.3, 0.4) is 0 Å². The van der Waals surface area contributed by atoms with Gasteiger partial charge in [0.1, 0.15) is 0 Å². The number of amides is 1. The van der Waals surface area contributed by atoms with E-state index in [1.54, 1.807) is 18.2 Å². The molecule has 0 aromatic heterocycles. The third-order valence-corrected chi connectivity index (χ3v) is 3.75. The summed E-state index contributed by atoms with van der Waals surface area (Å²) in [6, 6.07) is 0. The van der Waals surface area contributed by atoms with Crippen LogP contribution >= 0.6 is 0 Å². The van der Waals surface area contributed by atoms with Crippen molar-refractivity contribution in [2.45, 2.75) is 57.7 Å². The predicted molar refractivity (Wildman–Crippen MR) is 120 cm³/mol. The molecule has 0 bridgehead atoms. The Bertz CT molecular complexity index is 573. The van der Waals surface area contributed by atoms with Crippen molar-refractivity contribution in [1.29, 1.82) is 0 Å². The molecule has 0 aliphatic heterocycles. The number of carbonyl (C=O) groups excluding carboxylic acids is 1. The fourth-order valence-electron chi connectivity index (χ4n) is 2.19. The topological polar surface area (TPSA) is 89.8 Å². The molecule has 29 heavy (non-hydrogen) atoms. The minimum Gasteiger partial charge on any atom is -0.395 e. The number of allylic oxidation sites excluding steroid dienone is 9. The molecule has 5 nitrogen and oxygen atoms in total. The van der Waals surface area contributed by atoms with Gasteiger partial charge in [-0.3, -0.25) is 4.79 Å². The van der Waals surface area contributed by atoms with Gasteiger partial charge in [-0.1, -0.05) is 79.8 Å². The summed E-state index contributed by atoms with van der Waals surface area (Å²) in [5, 5.41) is 30.6. The number of aliphatic hydroxyl groups excluding tert-OH is 3. The second-order valence-electron chi connectivity index (χ2n) is 6.43. The Balaban J connectivity index is 3.82. The number of hydrogen-bond acceptors (Lipinski definition) is 4. The monoisotopic (exact) mass is 403 g/mol. The average Bonchev–Trinajstić information content (AvgIpc) is 2.71. The van der Waals surface area contributed by atoms with Crippen LogP contribution in [-0.4, -0.2) is 46.6 Å². The number of nitrogens with one attached hydrogen (secondary N) is 1. The Labute approximate surface area is 175 Å². The van der Waals surface area contributed by atoms with E-state index in [-0.39, 0.29) is 25.5 Å². The second-order valence-corrected chi connectivity index (χ2v) is 6.43. The summed E-state index contributed by atoms with van der Waals surface area (Å²) in [7, 11) is 0. The van der Waals surface area contributed by atoms with E-state index in [1.807, 2.05) is 42.5 Å². The lowest BCUT2D eigenvalue weighted by atomic mass is 10.1. The molecule has 162 valence electrons. The lowest BCUT2D eigenvalue weighted by molar-refractivity contribution is -0.121. The predicted octanol–water partition coefficient (Wildman–Crippen LogP) is 3.51. The molecule has 0 aromatic carbocycles. The summed E-state index contributed by atoms with van der Waals surface area (Å²) in [5.41, 5.74) is 0. The van der Waals surface area contributed by atoms with Gasteiger partial charge in [-0.2, -0.15) is 0 Å².